The van der Waals surface area contributed by atoms with Crippen LogP contribution in [0.1, 0.15) is 12.8 Å². The summed E-state index contributed by atoms with van der Waals surface area (Å²) >= 11 is 1.68. The van der Waals surface area contributed by atoms with Gasteiger partial charge in [-0.25, -0.2) is 12.8 Å². The molecule has 0 saturated carbocycles. The van der Waals surface area contributed by atoms with Crippen molar-refractivity contribution >= 4 is 32.4 Å². The van der Waals surface area contributed by atoms with Gasteiger partial charge in [-0.3, -0.25) is 0 Å². The molecule has 0 atom stereocenters. The third-order valence-corrected chi connectivity index (χ3v) is 4.29. The Kier molecular flexibility index (Phi) is 2.25. The van der Waals surface area contributed by atoms with Gasteiger partial charge in [0.2, 0.25) is 0 Å². The molecule has 5 heteroatoms. The van der Waals surface area contributed by atoms with Crippen molar-refractivity contribution in [3.05, 3.63) is 0 Å². The molecule has 0 aliphatic carbocycles. The lowest BCUT2D eigenvalue weighted by molar-refractivity contribution is 0.288. The molecule has 1 fully saturated rings. The summed E-state index contributed by atoms with van der Waals surface area (Å²) in [5, 5.41) is 0. The zero-order valence-electron chi connectivity index (χ0n) is 5.31. The van der Waals surface area contributed by atoms with Gasteiger partial charge in [0.15, 0.2) is 13.5 Å². The monoisotopic (exact) mass is 278 g/mol. The maximum absolute atomic E-state index is 12.9. The van der Waals surface area contributed by atoms with Crippen LogP contribution in [0.5, 0.6) is 0 Å². The summed E-state index contributed by atoms with van der Waals surface area (Å²) in [5.41, 5.74) is 0. The topological polar surface area (TPSA) is 34.1 Å². The lowest BCUT2D eigenvalue weighted by Crippen LogP contribution is -2.30. The van der Waals surface area contributed by atoms with E-state index < -0.39 is 13.5 Å². The Morgan fingerprint density at radius 2 is 1.70 bits per heavy atom. The number of alkyl halides is 2. The van der Waals surface area contributed by atoms with Gasteiger partial charge in [-0.1, -0.05) is 0 Å². The van der Waals surface area contributed by atoms with E-state index >= 15 is 0 Å². The Morgan fingerprint density at radius 3 is 2.00 bits per heavy atom. The van der Waals surface area contributed by atoms with Crippen molar-refractivity contribution in [1.82, 2.24) is 0 Å². The minimum atomic E-state index is -2.90. The van der Waals surface area contributed by atoms with Crippen LogP contribution >= 0.6 is 22.6 Å². The molecule has 1 aliphatic rings. The van der Waals surface area contributed by atoms with Crippen molar-refractivity contribution in [2.75, 3.05) is 11.5 Å². The van der Waals surface area contributed by atoms with Crippen LogP contribution in [-0.4, -0.2) is 23.6 Å². The van der Waals surface area contributed by atoms with Crippen molar-refractivity contribution in [3.8, 4) is 0 Å². The molecule has 0 aromatic heterocycles. The Labute approximate surface area is 73.2 Å². The first-order valence-corrected chi connectivity index (χ1v) is 5.90. The first-order chi connectivity index (χ1) is 4.41. The van der Waals surface area contributed by atoms with E-state index in [2.05, 4.69) is 0 Å². The van der Waals surface area contributed by atoms with Crippen molar-refractivity contribution in [2.45, 2.75) is 16.5 Å². The molecule has 60 valence electrons. The molecule has 0 aromatic rings. The van der Waals surface area contributed by atoms with E-state index in [0.717, 1.165) is 0 Å². The lowest BCUT2D eigenvalue weighted by atomic mass is 10.2. The van der Waals surface area contributed by atoms with Crippen LogP contribution in [0.3, 0.4) is 0 Å². The SMILES string of the molecule is O=S1(=O)CCC(F)(I)CC1. The van der Waals surface area contributed by atoms with E-state index in [1.54, 1.807) is 22.6 Å². The fourth-order valence-electron chi connectivity index (χ4n) is 0.837. The third-order valence-electron chi connectivity index (χ3n) is 1.56. The quantitative estimate of drug-likeness (QED) is 0.494. The summed E-state index contributed by atoms with van der Waals surface area (Å²) in [4.78, 5) is 0. The van der Waals surface area contributed by atoms with Gasteiger partial charge in [-0.2, -0.15) is 0 Å². The van der Waals surface area contributed by atoms with Gasteiger partial charge in [0, 0.05) is 12.8 Å². The lowest BCUT2D eigenvalue weighted by Gasteiger charge is -2.22. The summed E-state index contributed by atoms with van der Waals surface area (Å²) in [7, 11) is -2.90. The van der Waals surface area contributed by atoms with Gasteiger partial charge >= 0.3 is 0 Å². The first-order valence-electron chi connectivity index (χ1n) is 3.00. The van der Waals surface area contributed by atoms with Crippen molar-refractivity contribution in [3.63, 3.8) is 0 Å². The van der Waals surface area contributed by atoms with Crippen LogP contribution in [0, 0.1) is 0 Å². The highest BCUT2D eigenvalue weighted by Gasteiger charge is 2.34. The van der Waals surface area contributed by atoms with Crippen molar-refractivity contribution in [2.24, 2.45) is 0 Å². The highest BCUT2D eigenvalue weighted by molar-refractivity contribution is 14.1. The van der Waals surface area contributed by atoms with E-state index in [1.807, 2.05) is 0 Å². The molecule has 0 amide bonds. The van der Waals surface area contributed by atoms with Gasteiger partial charge < -0.3 is 0 Å². The van der Waals surface area contributed by atoms with Crippen LogP contribution in [0.15, 0.2) is 0 Å². The van der Waals surface area contributed by atoms with Gasteiger partial charge in [0.1, 0.15) is 0 Å². The predicted molar refractivity (Wildman–Crippen MR) is 45.7 cm³/mol. The molecule has 0 unspecified atom stereocenters. The molecule has 1 aliphatic heterocycles. The van der Waals surface area contributed by atoms with E-state index in [9.17, 15) is 12.8 Å². The highest BCUT2D eigenvalue weighted by Crippen LogP contribution is 2.33. The molecule has 1 rings (SSSR count). The smallest absolute Gasteiger partial charge is 0.163 e. The van der Waals surface area contributed by atoms with Gasteiger partial charge in [0.25, 0.3) is 0 Å². The molecule has 1 heterocycles. The van der Waals surface area contributed by atoms with Crippen LogP contribution < -0.4 is 0 Å². The zero-order chi connectivity index (χ0) is 7.83. The number of rotatable bonds is 0. The average molecular weight is 278 g/mol. The normalized spacial score (nSPS) is 29.8. The average Bonchev–Trinajstić information content (AvgIpc) is 1.79. The summed E-state index contributed by atoms with van der Waals surface area (Å²) in [5.74, 6) is 0.0128. The van der Waals surface area contributed by atoms with E-state index in [1.165, 1.54) is 0 Å². The molecule has 0 bridgehead atoms. The number of sulfone groups is 1. The number of hydrogen-bond acceptors (Lipinski definition) is 2. The maximum Gasteiger partial charge on any atom is 0.163 e. The number of hydrogen-bond donors (Lipinski definition) is 0. The maximum atomic E-state index is 12.9. The van der Waals surface area contributed by atoms with Crippen molar-refractivity contribution in [1.29, 1.82) is 0 Å². The largest absolute Gasteiger partial charge is 0.232 e. The van der Waals surface area contributed by atoms with Gasteiger partial charge in [-0.05, 0) is 22.6 Å². The molecule has 0 N–H and O–H groups in total. The molecule has 10 heavy (non-hydrogen) atoms. The number of halogens is 2. The van der Waals surface area contributed by atoms with E-state index in [-0.39, 0.29) is 24.3 Å². The van der Waals surface area contributed by atoms with E-state index in [4.69, 9.17) is 0 Å². The second kappa shape index (κ2) is 2.58. The summed E-state index contributed by atoms with van der Waals surface area (Å²) in [6, 6.07) is 0. The van der Waals surface area contributed by atoms with Gasteiger partial charge in [0.05, 0.1) is 11.5 Å². The van der Waals surface area contributed by atoms with Gasteiger partial charge in [-0.15, -0.1) is 0 Å². The molecule has 2 nitrogen and oxygen atoms in total. The van der Waals surface area contributed by atoms with Crippen LogP contribution in [0.25, 0.3) is 0 Å². The third kappa shape index (κ3) is 2.34. The molecular formula is C5H8FIO2S. The Balaban J connectivity index is 2.63. The summed E-state index contributed by atoms with van der Waals surface area (Å²) in [6.07, 6.45) is 0.297. The fourth-order valence-corrected chi connectivity index (χ4v) is 3.58. The fraction of sp³-hybridized carbons (Fsp3) is 1.00. The standard InChI is InChI=1S/C5H8FIO2S/c6-5(7)1-3-10(8,9)4-2-5/h1-4H2. The van der Waals surface area contributed by atoms with Crippen molar-refractivity contribution < 1.29 is 12.8 Å². The van der Waals surface area contributed by atoms with Crippen LogP contribution in [-0.2, 0) is 9.84 Å². The molecule has 0 aromatic carbocycles. The summed E-state index contributed by atoms with van der Waals surface area (Å²) < 4.78 is 33.2. The highest BCUT2D eigenvalue weighted by atomic mass is 127. The Hall–Kier alpha value is 0.610. The molecule has 0 radical (unpaired) electrons. The molecule has 1 saturated heterocycles. The predicted octanol–water partition coefficient (Wildman–Crippen LogP) is 1.30. The minimum absolute atomic E-state index is 0.00639. The second-order valence-corrected chi connectivity index (χ2v) is 6.74. The van der Waals surface area contributed by atoms with E-state index in [0.29, 0.717) is 0 Å². The molecular weight excluding hydrogens is 270 g/mol. The minimum Gasteiger partial charge on any atom is -0.232 e. The van der Waals surface area contributed by atoms with Crippen LogP contribution in [0.4, 0.5) is 4.39 Å². The van der Waals surface area contributed by atoms with Crippen LogP contribution in [0.2, 0.25) is 0 Å². The zero-order valence-corrected chi connectivity index (χ0v) is 8.28. The Morgan fingerprint density at radius 1 is 1.30 bits per heavy atom. The first kappa shape index (κ1) is 8.70. The second-order valence-electron chi connectivity index (χ2n) is 2.51. The summed E-state index contributed by atoms with van der Waals surface area (Å²) in [6.45, 7) is 0. The molecule has 0 spiro atoms. The Bertz CT molecular complexity index is 206.